The molecule has 9 atom stereocenters. The predicted molar refractivity (Wildman–Crippen MR) is 109 cm³/mol. The van der Waals surface area contributed by atoms with Gasteiger partial charge in [0.15, 0.2) is 12.4 Å². The van der Waals surface area contributed by atoms with Crippen molar-refractivity contribution in [3.8, 4) is 0 Å². The molecule has 1 amide bonds. The number of carboxylic acid groups (broad SMARTS) is 1. The third-order valence-corrected chi connectivity index (χ3v) is 5.49. The molecule has 1 aliphatic heterocycles. The van der Waals surface area contributed by atoms with E-state index in [1.807, 2.05) is 0 Å². The molecule has 4 unspecified atom stereocenters. The van der Waals surface area contributed by atoms with Crippen LogP contribution >= 0.6 is 0 Å². The largest absolute Gasteiger partial charge is 1.00 e. The molecule has 35 heavy (non-hydrogen) atoms. The molecule has 14 nitrogen and oxygen atoms in total. The predicted octanol–water partition coefficient (Wildman–Crippen LogP) is -8.54. The Bertz CT molecular complexity index is 614. The van der Waals surface area contributed by atoms with Gasteiger partial charge in [0.05, 0.1) is 13.2 Å². The van der Waals surface area contributed by atoms with Crippen molar-refractivity contribution in [2.75, 3.05) is 19.8 Å². The molecule has 9 N–H and O–H groups in total. The normalized spacial score (nSPS) is 27.8. The molecule has 0 aromatic carbocycles. The Morgan fingerprint density at radius 1 is 0.943 bits per heavy atom. The van der Waals surface area contributed by atoms with Crippen LogP contribution in [0.25, 0.3) is 0 Å². The first-order chi connectivity index (χ1) is 16.0. The van der Waals surface area contributed by atoms with E-state index in [1.54, 1.807) is 0 Å². The number of aliphatic hydroxyl groups excluding tert-OH is 8. The van der Waals surface area contributed by atoms with Gasteiger partial charge in [-0.1, -0.05) is 19.3 Å². The van der Waals surface area contributed by atoms with Gasteiger partial charge in [0, 0.05) is 12.5 Å². The van der Waals surface area contributed by atoms with E-state index in [0.717, 1.165) is 6.42 Å². The van der Waals surface area contributed by atoms with Crippen LogP contribution in [0.15, 0.2) is 0 Å². The molecule has 0 aliphatic carbocycles. The fourth-order valence-electron chi connectivity index (χ4n) is 3.41. The van der Waals surface area contributed by atoms with E-state index in [4.69, 9.17) is 9.47 Å². The van der Waals surface area contributed by atoms with Gasteiger partial charge >= 0.3 is 29.6 Å². The minimum Gasteiger partial charge on any atom is -0.550 e. The van der Waals surface area contributed by atoms with Crippen molar-refractivity contribution in [3.05, 3.63) is 0 Å². The van der Waals surface area contributed by atoms with Crippen molar-refractivity contribution < 1.29 is 94.6 Å². The molecule has 1 fully saturated rings. The molecule has 0 radical (unpaired) electrons. The van der Waals surface area contributed by atoms with Crippen LogP contribution in [0.4, 0.5) is 0 Å². The van der Waals surface area contributed by atoms with Gasteiger partial charge in [-0.3, -0.25) is 4.79 Å². The number of hydrogen-bond donors (Lipinski definition) is 9. The maximum absolute atomic E-state index is 12.2. The maximum Gasteiger partial charge on any atom is 1.00 e. The third-order valence-electron chi connectivity index (χ3n) is 5.49. The van der Waals surface area contributed by atoms with E-state index < -0.39 is 80.2 Å². The molecule has 15 heteroatoms. The zero-order valence-electron chi connectivity index (χ0n) is 19.7. The summed E-state index contributed by atoms with van der Waals surface area (Å²) in [4.78, 5) is 22.5. The second-order valence-corrected chi connectivity index (χ2v) is 8.16. The van der Waals surface area contributed by atoms with Gasteiger partial charge in [0.25, 0.3) is 5.91 Å². The van der Waals surface area contributed by atoms with Crippen molar-refractivity contribution in [1.29, 1.82) is 0 Å². The van der Waals surface area contributed by atoms with Gasteiger partial charge in [0.1, 0.15) is 42.7 Å². The summed E-state index contributed by atoms with van der Waals surface area (Å²) in [5, 5.41) is 91.5. The number of carbonyl (C=O) groups excluding carboxylic acids is 2. The summed E-state index contributed by atoms with van der Waals surface area (Å²) in [6.07, 6.45) is -13.4. The SMILES string of the molecule is O=C([O-])CCCCCCCNC(=O)C(O)[C@@H](O)[C@H](O[C@@H]1OC(CO)[C@H](O)[C@H](O)C1O)C(O)CO.[Na+]. The Morgan fingerprint density at radius 3 is 2.11 bits per heavy atom. The topological polar surface area (TPSA) is 250 Å². The number of nitrogens with one attached hydrogen (secondary N) is 1. The molecule has 0 aromatic heterocycles. The number of hydrogen-bond acceptors (Lipinski definition) is 13. The first kappa shape index (κ1) is 34.5. The quantitative estimate of drug-likeness (QED) is 0.0677. The summed E-state index contributed by atoms with van der Waals surface area (Å²) in [7, 11) is 0. The number of aliphatic hydroxyl groups is 8. The molecule has 0 saturated carbocycles. The molecule has 1 aliphatic rings. The molecule has 1 heterocycles. The number of amides is 1. The summed E-state index contributed by atoms with van der Waals surface area (Å²) in [6.45, 7) is -1.59. The van der Waals surface area contributed by atoms with E-state index in [1.165, 1.54) is 0 Å². The fourth-order valence-corrected chi connectivity index (χ4v) is 3.41. The van der Waals surface area contributed by atoms with Crippen LogP contribution in [0, 0.1) is 0 Å². The van der Waals surface area contributed by atoms with Crippen LogP contribution in [0.3, 0.4) is 0 Å². The molecular formula is C20H36NNaO13. The van der Waals surface area contributed by atoms with Crippen LogP contribution in [-0.2, 0) is 19.1 Å². The smallest absolute Gasteiger partial charge is 0.550 e. The third kappa shape index (κ3) is 11.2. The summed E-state index contributed by atoms with van der Waals surface area (Å²) in [5.41, 5.74) is 0. The van der Waals surface area contributed by atoms with Gasteiger partial charge in [-0.25, -0.2) is 0 Å². The molecule has 200 valence electrons. The van der Waals surface area contributed by atoms with Crippen LogP contribution < -0.4 is 40.0 Å². The second kappa shape index (κ2) is 17.9. The van der Waals surface area contributed by atoms with Crippen LogP contribution in [0.2, 0.25) is 0 Å². The fraction of sp³-hybridized carbons (Fsp3) is 0.900. The molecular weight excluding hydrogens is 485 g/mol. The molecule has 0 spiro atoms. The molecule has 0 bridgehead atoms. The number of carbonyl (C=O) groups is 2. The summed E-state index contributed by atoms with van der Waals surface area (Å²) in [6, 6.07) is 0. The Labute approximate surface area is 224 Å². The van der Waals surface area contributed by atoms with Crippen LogP contribution in [0.1, 0.15) is 38.5 Å². The number of rotatable bonds is 16. The standard InChI is InChI=1S/C20H37NO13.Na/c22-8-10(24)18(34-20-17(31)14(28)13(27)11(9-23)33-20)15(29)16(30)19(32)21-7-5-3-1-2-4-6-12(25)26;/h10-11,13-18,20,22-24,27-31H,1-9H2,(H,21,32)(H,25,26);/q;+1/p-1/t10?,11?,13-,14-,15+,16?,17?,18+,20-;/m0./s1. The average molecular weight is 521 g/mol. The minimum absolute atomic E-state index is 0. The number of carboxylic acids is 1. The first-order valence-electron chi connectivity index (χ1n) is 11.1. The number of aliphatic carboxylic acids is 1. The van der Waals surface area contributed by atoms with Crippen LogP contribution in [-0.4, -0.2) is 128 Å². The first-order valence-corrected chi connectivity index (χ1v) is 11.1. The van der Waals surface area contributed by atoms with Gasteiger partial charge in [-0.15, -0.1) is 0 Å². The summed E-state index contributed by atoms with van der Waals surface area (Å²) >= 11 is 0. The van der Waals surface area contributed by atoms with E-state index in [-0.39, 0.29) is 42.5 Å². The van der Waals surface area contributed by atoms with Crippen molar-refractivity contribution in [3.63, 3.8) is 0 Å². The van der Waals surface area contributed by atoms with Gasteiger partial charge in [-0.05, 0) is 19.3 Å². The Kier molecular flexibility index (Phi) is 17.7. The average Bonchev–Trinajstić information content (AvgIpc) is 2.82. The molecule has 1 rings (SSSR count). The van der Waals surface area contributed by atoms with E-state index >= 15 is 0 Å². The summed E-state index contributed by atoms with van der Waals surface area (Å²) < 4.78 is 10.4. The molecule has 1 saturated heterocycles. The van der Waals surface area contributed by atoms with Gasteiger partial charge < -0.3 is 65.5 Å². The number of unbranched alkanes of at least 4 members (excludes halogenated alkanes) is 4. The Morgan fingerprint density at radius 2 is 1.54 bits per heavy atom. The van der Waals surface area contributed by atoms with Crippen LogP contribution in [0.5, 0.6) is 0 Å². The zero-order valence-corrected chi connectivity index (χ0v) is 21.7. The summed E-state index contributed by atoms with van der Waals surface area (Å²) in [5.74, 6) is -2.11. The number of ether oxygens (including phenoxy) is 2. The van der Waals surface area contributed by atoms with Crippen molar-refractivity contribution in [2.24, 2.45) is 0 Å². The van der Waals surface area contributed by atoms with Crippen molar-refractivity contribution in [1.82, 2.24) is 5.32 Å². The van der Waals surface area contributed by atoms with Gasteiger partial charge in [-0.2, -0.15) is 0 Å². The Balaban J connectivity index is 0.0000116. The van der Waals surface area contributed by atoms with E-state index in [0.29, 0.717) is 25.7 Å². The van der Waals surface area contributed by atoms with Crippen molar-refractivity contribution in [2.45, 2.75) is 93.6 Å². The Hall–Kier alpha value is -0.460. The minimum atomic E-state index is -2.11. The monoisotopic (exact) mass is 521 g/mol. The van der Waals surface area contributed by atoms with Crippen molar-refractivity contribution >= 4 is 11.9 Å². The van der Waals surface area contributed by atoms with E-state index in [9.17, 15) is 55.5 Å². The maximum atomic E-state index is 12.2. The molecule has 0 aromatic rings. The zero-order chi connectivity index (χ0) is 25.8. The van der Waals surface area contributed by atoms with Gasteiger partial charge in [0.2, 0.25) is 0 Å². The second-order valence-electron chi connectivity index (χ2n) is 8.16. The van der Waals surface area contributed by atoms with E-state index in [2.05, 4.69) is 5.32 Å².